The second-order valence-electron chi connectivity index (χ2n) is 3.75. The van der Waals surface area contributed by atoms with Crippen LogP contribution in [0.2, 0.25) is 0 Å². The summed E-state index contributed by atoms with van der Waals surface area (Å²) in [6.07, 6.45) is 1.87. The molecule has 0 unspecified atom stereocenters. The van der Waals surface area contributed by atoms with Crippen molar-refractivity contribution in [3.8, 4) is 0 Å². The third-order valence-corrected chi connectivity index (χ3v) is 2.46. The Morgan fingerprint density at radius 2 is 2.06 bits per heavy atom. The zero-order chi connectivity index (χ0) is 12.8. The molecule has 1 amide bonds. The van der Waals surface area contributed by atoms with Crippen LogP contribution in [0.15, 0.2) is 11.8 Å². The molecule has 4 N–H and O–H groups in total. The van der Waals surface area contributed by atoms with E-state index in [0.29, 0.717) is 0 Å². The van der Waals surface area contributed by atoms with E-state index in [1.807, 2.05) is 13.8 Å². The largest absolute Gasteiger partial charge is 0.381 e. The molecule has 0 atom stereocenters. The fourth-order valence-corrected chi connectivity index (χ4v) is 1.55. The van der Waals surface area contributed by atoms with Gasteiger partial charge in [-0.3, -0.25) is 9.35 Å². The molecule has 0 heterocycles. The highest BCUT2D eigenvalue weighted by Gasteiger charge is 2.07. The van der Waals surface area contributed by atoms with Gasteiger partial charge in [-0.05, 0) is 12.3 Å². The molecule has 0 aromatic carbocycles. The molecule has 0 bridgehead atoms. The number of rotatable bonds is 7. The highest BCUT2D eigenvalue weighted by atomic mass is 32.2. The molecule has 0 fully saturated rings. The molecule has 0 saturated heterocycles. The lowest BCUT2D eigenvalue weighted by Gasteiger charge is -2.08. The molecule has 94 valence electrons. The van der Waals surface area contributed by atoms with Crippen molar-refractivity contribution >= 4 is 16.0 Å². The van der Waals surface area contributed by atoms with Crippen LogP contribution in [0.4, 0.5) is 0 Å². The van der Waals surface area contributed by atoms with Crippen molar-refractivity contribution in [2.75, 3.05) is 12.3 Å². The zero-order valence-corrected chi connectivity index (χ0v) is 10.3. The van der Waals surface area contributed by atoms with E-state index >= 15 is 0 Å². The molecule has 0 aromatic rings. The third kappa shape index (κ3) is 8.25. The van der Waals surface area contributed by atoms with Gasteiger partial charge in [0.1, 0.15) is 0 Å². The van der Waals surface area contributed by atoms with Crippen molar-refractivity contribution in [2.45, 2.75) is 20.3 Å². The molecular weight excluding hydrogens is 232 g/mol. The van der Waals surface area contributed by atoms with Crippen LogP contribution in [-0.4, -0.2) is 31.2 Å². The van der Waals surface area contributed by atoms with E-state index in [4.69, 9.17) is 10.3 Å². The van der Waals surface area contributed by atoms with E-state index in [2.05, 4.69) is 5.32 Å². The second kappa shape index (κ2) is 6.49. The Labute approximate surface area is 95.6 Å². The summed E-state index contributed by atoms with van der Waals surface area (Å²) in [5.74, 6) is -0.759. The Balaban J connectivity index is 4.11. The predicted octanol–water partition coefficient (Wildman–Crippen LogP) is -0.121. The van der Waals surface area contributed by atoms with E-state index in [9.17, 15) is 13.2 Å². The highest BCUT2D eigenvalue weighted by Crippen LogP contribution is 1.99. The smallest absolute Gasteiger partial charge is 0.264 e. The average Bonchev–Trinajstić information content (AvgIpc) is 2.07. The lowest BCUT2D eigenvalue weighted by molar-refractivity contribution is -0.114. The first-order valence-electron chi connectivity index (χ1n) is 4.93. The first-order valence-corrected chi connectivity index (χ1v) is 6.54. The van der Waals surface area contributed by atoms with Gasteiger partial charge in [-0.2, -0.15) is 8.42 Å². The fourth-order valence-electron chi connectivity index (χ4n) is 1.04. The van der Waals surface area contributed by atoms with E-state index in [1.165, 1.54) is 0 Å². The second-order valence-corrected chi connectivity index (χ2v) is 5.33. The summed E-state index contributed by atoms with van der Waals surface area (Å²) >= 11 is 0. The van der Waals surface area contributed by atoms with Crippen LogP contribution >= 0.6 is 0 Å². The molecule has 0 aliphatic carbocycles. The molecule has 0 aromatic heterocycles. The number of amides is 1. The Kier molecular flexibility index (Phi) is 6.05. The van der Waals surface area contributed by atoms with Crippen LogP contribution in [0, 0.1) is 5.92 Å². The molecule has 0 spiro atoms. The first kappa shape index (κ1) is 14.9. The van der Waals surface area contributed by atoms with Gasteiger partial charge in [0.25, 0.3) is 16.0 Å². The molecule has 0 rings (SSSR count). The predicted molar refractivity (Wildman–Crippen MR) is 61.2 cm³/mol. The van der Waals surface area contributed by atoms with E-state index < -0.39 is 16.0 Å². The van der Waals surface area contributed by atoms with E-state index in [-0.39, 0.29) is 30.3 Å². The van der Waals surface area contributed by atoms with Crippen molar-refractivity contribution in [3.05, 3.63) is 11.8 Å². The quantitative estimate of drug-likeness (QED) is 0.331. The SMILES string of the molecule is CC(C)/C=C(/NCCCS(=O)(=O)O)C(N)=O. The minimum atomic E-state index is -3.94. The zero-order valence-electron chi connectivity index (χ0n) is 9.43. The highest BCUT2D eigenvalue weighted by molar-refractivity contribution is 7.85. The summed E-state index contributed by atoms with van der Waals surface area (Å²) < 4.78 is 29.3. The molecule has 6 nitrogen and oxygen atoms in total. The van der Waals surface area contributed by atoms with Crippen LogP contribution in [0.5, 0.6) is 0 Å². The fraction of sp³-hybridized carbons (Fsp3) is 0.667. The van der Waals surface area contributed by atoms with Crippen molar-refractivity contribution in [2.24, 2.45) is 11.7 Å². The minimum Gasteiger partial charge on any atom is -0.381 e. The molecule has 16 heavy (non-hydrogen) atoms. The number of nitrogens with one attached hydrogen (secondary N) is 1. The van der Waals surface area contributed by atoms with Crippen LogP contribution in [-0.2, 0) is 14.9 Å². The first-order chi connectivity index (χ1) is 7.22. The van der Waals surface area contributed by atoms with Gasteiger partial charge in [0, 0.05) is 6.54 Å². The number of allylic oxidation sites excluding steroid dienone is 1. The Bertz CT molecular complexity index is 360. The lowest BCUT2D eigenvalue weighted by atomic mass is 10.2. The summed E-state index contributed by atoms with van der Waals surface area (Å²) in [4.78, 5) is 10.9. The number of primary amides is 1. The van der Waals surface area contributed by atoms with Crippen molar-refractivity contribution in [1.82, 2.24) is 5.32 Å². The third-order valence-electron chi connectivity index (χ3n) is 1.66. The summed E-state index contributed by atoms with van der Waals surface area (Å²) in [5, 5.41) is 2.73. The topological polar surface area (TPSA) is 109 Å². The Morgan fingerprint density at radius 1 is 1.50 bits per heavy atom. The number of nitrogens with two attached hydrogens (primary N) is 1. The molecule has 0 radical (unpaired) electrons. The average molecular weight is 250 g/mol. The summed E-state index contributed by atoms with van der Waals surface area (Å²) in [7, 11) is -3.94. The Morgan fingerprint density at radius 3 is 2.44 bits per heavy atom. The van der Waals surface area contributed by atoms with E-state index in [1.54, 1.807) is 6.08 Å². The van der Waals surface area contributed by atoms with Gasteiger partial charge in [0.2, 0.25) is 0 Å². The monoisotopic (exact) mass is 250 g/mol. The Hall–Kier alpha value is -1.08. The number of carbonyl (C=O) groups is 1. The molecule has 0 aliphatic heterocycles. The summed E-state index contributed by atoms with van der Waals surface area (Å²) in [5.41, 5.74) is 5.38. The number of carbonyl (C=O) groups excluding carboxylic acids is 1. The lowest BCUT2D eigenvalue weighted by Crippen LogP contribution is -2.28. The van der Waals surface area contributed by atoms with Gasteiger partial charge in [0.15, 0.2) is 0 Å². The number of hydrogen-bond donors (Lipinski definition) is 3. The maximum Gasteiger partial charge on any atom is 0.264 e. The van der Waals surface area contributed by atoms with Crippen LogP contribution < -0.4 is 11.1 Å². The molecular formula is C9H18N2O4S. The minimum absolute atomic E-state index is 0.163. The van der Waals surface area contributed by atoms with Gasteiger partial charge in [-0.1, -0.05) is 19.9 Å². The van der Waals surface area contributed by atoms with Crippen molar-refractivity contribution in [1.29, 1.82) is 0 Å². The van der Waals surface area contributed by atoms with Gasteiger partial charge in [0.05, 0.1) is 11.4 Å². The van der Waals surface area contributed by atoms with Crippen LogP contribution in [0.25, 0.3) is 0 Å². The van der Waals surface area contributed by atoms with Crippen LogP contribution in [0.1, 0.15) is 20.3 Å². The molecule has 0 aliphatic rings. The van der Waals surface area contributed by atoms with Crippen LogP contribution in [0.3, 0.4) is 0 Å². The van der Waals surface area contributed by atoms with Crippen molar-refractivity contribution in [3.63, 3.8) is 0 Å². The number of hydrogen-bond acceptors (Lipinski definition) is 4. The van der Waals surface area contributed by atoms with Gasteiger partial charge in [-0.25, -0.2) is 0 Å². The van der Waals surface area contributed by atoms with Gasteiger partial charge >= 0.3 is 0 Å². The van der Waals surface area contributed by atoms with Crippen molar-refractivity contribution < 1.29 is 17.8 Å². The molecule has 0 saturated carbocycles. The standard InChI is InChI=1S/C9H18N2O4S/c1-7(2)6-8(9(10)12)11-4-3-5-16(13,14)15/h6-7,11H,3-5H2,1-2H3,(H2,10,12)(H,13,14,15)/b8-6+. The summed E-state index contributed by atoms with van der Waals surface area (Å²) in [6, 6.07) is 0. The normalized spacial score (nSPS) is 12.9. The maximum atomic E-state index is 10.9. The molecule has 7 heteroatoms. The van der Waals surface area contributed by atoms with Gasteiger partial charge < -0.3 is 11.1 Å². The van der Waals surface area contributed by atoms with E-state index in [0.717, 1.165) is 0 Å². The maximum absolute atomic E-state index is 10.9. The summed E-state index contributed by atoms with van der Waals surface area (Å²) in [6.45, 7) is 4.05. The van der Waals surface area contributed by atoms with Gasteiger partial charge in [-0.15, -0.1) is 0 Å².